The van der Waals surface area contributed by atoms with Crippen LogP contribution in [-0.4, -0.2) is 28.2 Å². The summed E-state index contributed by atoms with van der Waals surface area (Å²) in [5.74, 6) is 0.672. The molecule has 0 amide bonds. The molecule has 0 aliphatic rings. The van der Waals surface area contributed by atoms with Crippen LogP contribution in [-0.2, 0) is 13.1 Å². The Bertz CT molecular complexity index is 609. The van der Waals surface area contributed by atoms with Crippen LogP contribution in [0.1, 0.15) is 30.7 Å². The first-order valence-electron chi connectivity index (χ1n) is 7.53. The molecule has 0 saturated carbocycles. The van der Waals surface area contributed by atoms with Gasteiger partial charge in [-0.2, -0.15) is 5.26 Å². The van der Waals surface area contributed by atoms with E-state index in [9.17, 15) is 0 Å². The summed E-state index contributed by atoms with van der Waals surface area (Å²) in [6, 6.07) is 14.0. The van der Waals surface area contributed by atoms with Crippen LogP contribution in [0.3, 0.4) is 0 Å². The van der Waals surface area contributed by atoms with Crippen LogP contribution in [0.2, 0.25) is 0 Å². The highest BCUT2D eigenvalue weighted by atomic mass is 15.2. The molecule has 2 aromatic rings. The fourth-order valence-corrected chi connectivity index (χ4v) is 2.15. The predicted molar refractivity (Wildman–Crippen MR) is 87.1 cm³/mol. The van der Waals surface area contributed by atoms with E-state index < -0.39 is 0 Å². The van der Waals surface area contributed by atoms with Gasteiger partial charge in [-0.3, -0.25) is 4.90 Å². The molecule has 1 N–H and O–H groups in total. The van der Waals surface area contributed by atoms with Crippen molar-refractivity contribution in [3.63, 3.8) is 0 Å². The highest BCUT2D eigenvalue weighted by Gasteiger charge is 2.02. The number of hydrogen-bond donors (Lipinski definition) is 1. The van der Waals surface area contributed by atoms with Crippen molar-refractivity contribution in [1.29, 1.82) is 5.26 Å². The molecule has 1 aromatic carbocycles. The summed E-state index contributed by atoms with van der Waals surface area (Å²) in [4.78, 5) is 2.39. The summed E-state index contributed by atoms with van der Waals surface area (Å²) in [5.41, 5.74) is 2.84. The Hall–Kier alpha value is -2.45. The molecule has 0 spiro atoms. The lowest BCUT2D eigenvalue weighted by Crippen LogP contribution is -2.22. The van der Waals surface area contributed by atoms with Crippen LogP contribution >= 0.6 is 0 Å². The van der Waals surface area contributed by atoms with Crippen LogP contribution in [0.5, 0.6) is 0 Å². The number of nitrogens with zero attached hydrogens (tertiary/aromatic N) is 4. The van der Waals surface area contributed by atoms with Gasteiger partial charge in [-0.15, -0.1) is 10.2 Å². The lowest BCUT2D eigenvalue weighted by atomic mass is 10.1. The predicted octanol–water partition coefficient (Wildman–Crippen LogP) is 2.80. The first-order chi connectivity index (χ1) is 10.7. The zero-order chi connectivity index (χ0) is 15.8. The van der Waals surface area contributed by atoms with Crippen LogP contribution in [0, 0.1) is 11.3 Å². The van der Waals surface area contributed by atoms with Gasteiger partial charge in [0.15, 0.2) is 5.69 Å². The molecule has 0 bridgehead atoms. The fourth-order valence-electron chi connectivity index (χ4n) is 2.15. The molecule has 1 heterocycles. The second-order valence-corrected chi connectivity index (χ2v) is 5.05. The minimum atomic E-state index is 0.325. The van der Waals surface area contributed by atoms with Gasteiger partial charge in [0.25, 0.3) is 0 Å². The molecule has 5 heteroatoms. The van der Waals surface area contributed by atoms with Crippen LogP contribution in [0.25, 0.3) is 0 Å². The molecule has 22 heavy (non-hydrogen) atoms. The van der Waals surface area contributed by atoms with Gasteiger partial charge in [0.1, 0.15) is 11.9 Å². The van der Waals surface area contributed by atoms with Gasteiger partial charge in [0, 0.05) is 13.1 Å². The van der Waals surface area contributed by atoms with E-state index in [1.165, 1.54) is 11.1 Å². The molecule has 5 nitrogen and oxygen atoms in total. The summed E-state index contributed by atoms with van der Waals surface area (Å²) >= 11 is 0. The maximum Gasteiger partial charge on any atom is 0.163 e. The molecule has 0 aliphatic carbocycles. The highest BCUT2D eigenvalue weighted by molar-refractivity contribution is 5.36. The Kier molecular flexibility index (Phi) is 5.87. The lowest BCUT2D eigenvalue weighted by Gasteiger charge is -2.18. The van der Waals surface area contributed by atoms with E-state index in [4.69, 9.17) is 5.26 Å². The van der Waals surface area contributed by atoms with Gasteiger partial charge in [-0.25, -0.2) is 0 Å². The number of benzene rings is 1. The Labute approximate surface area is 131 Å². The fraction of sp³-hybridized carbons (Fsp3) is 0.353. The zero-order valence-electron chi connectivity index (χ0n) is 13.1. The maximum absolute atomic E-state index is 8.68. The third-order valence-corrected chi connectivity index (χ3v) is 3.58. The standard InChI is InChI=1S/C17H21N5/c1-3-22(4-2)13-15-7-5-14(6-8-15)12-19-17-10-9-16(11-18)20-21-17/h5-10H,3-4,12-13H2,1-2H3,(H,19,21). The van der Waals surface area contributed by atoms with Gasteiger partial charge < -0.3 is 5.32 Å². The molecule has 0 aliphatic heterocycles. The van der Waals surface area contributed by atoms with Gasteiger partial charge in [-0.1, -0.05) is 38.1 Å². The first kappa shape index (κ1) is 15.9. The van der Waals surface area contributed by atoms with Crippen LogP contribution in [0.15, 0.2) is 36.4 Å². The van der Waals surface area contributed by atoms with Crippen LogP contribution in [0.4, 0.5) is 5.82 Å². The van der Waals surface area contributed by atoms with E-state index in [-0.39, 0.29) is 0 Å². The number of hydrogen-bond acceptors (Lipinski definition) is 5. The molecular formula is C17H21N5. The average Bonchev–Trinajstić information content (AvgIpc) is 2.59. The summed E-state index contributed by atoms with van der Waals surface area (Å²) in [5, 5.41) is 19.6. The van der Waals surface area contributed by atoms with Crippen molar-refractivity contribution in [2.45, 2.75) is 26.9 Å². The van der Waals surface area contributed by atoms with Gasteiger partial charge in [0.2, 0.25) is 0 Å². The number of nitriles is 1. The summed E-state index contributed by atoms with van der Waals surface area (Å²) in [6.45, 7) is 8.17. The zero-order valence-corrected chi connectivity index (χ0v) is 13.1. The van der Waals surface area contributed by atoms with Crippen molar-refractivity contribution in [1.82, 2.24) is 15.1 Å². The third kappa shape index (κ3) is 4.54. The normalized spacial score (nSPS) is 10.5. The lowest BCUT2D eigenvalue weighted by molar-refractivity contribution is 0.296. The summed E-state index contributed by atoms with van der Waals surface area (Å²) < 4.78 is 0. The van der Waals surface area contributed by atoms with Crippen molar-refractivity contribution < 1.29 is 0 Å². The number of anilines is 1. The van der Waals surface area contributed by atoms with Crippen molar-refractivity contribution in [2.24, 2.45) is 0 Å². The van der Waals surface area contributed by atoms with E-state index in [1.807, 2.05) is 6.07 Å². The topological polar surface area (TPSA) is 64.8 Å². The largest absolute Gasteiger partial charge is 0.365 e. The van der Waals surface area contributed by atoms with Gasteiger partial charge in [0.05, 0.1) is 0 Å². The number of nitrogens with one attached hydrogen (secondary N) is 1. The third-order valence-electron chi connectivity index (χ3n) is 3.58. The minimum absolute atomic E-state index is 0.325. The second kappa shape index (κ2) is 8.11. The molecule has 0 saturated heterocycles. The highest BCUT2D eigenvalue weighted by Crippen LogP contribution is 2.09. The van der Waals surface area contributed by atoms with Crippen molar-refractivity contribution >= 4 is 5.82 Å². The van der Waals surface area contributed by atoms with Crippen LogP contribution < -0.4 is 5.32 Å². The van der Waals surface area contributed by atoms with Gasteiger partial charge >= 0.3 is 0 Å². The maximum atomic E-state index is 8.68. The Morgan fingerprint density at radius 3 is 2.23 bits per heavy atom. The van der Waals surface area contributed by atoms with Crippen molar-refractivity contribution in [2.75, 3.05) is 18.4 Å². The van der Waals surface area contributed by atoms with E-state index in [1.54, 1.807) is 12.1 Å². The first-order valence-corrected chi connectivity index (χ1v) is 7.53. The molecular weight excluding hydrogens is 274 g/mol. The summed E-state index contributed by atoms with van der Waals surface area (Å²) in [7, 11) is 0. The monoisotopic (exact) mass is 295 g/mol. The van der Waals surface area contributed by atoms with Crippen molar-refractivity contribution in [3.8, 4) is 6.07 Å². The molecule has 2 rings (SSSR count). The van der Waals surface area contributed by atoms with Crippen molar-refractivity contribution in [3.05, 3.63) is 53.2 Å². The Morgan fingerprint density at radius 1 is 1.00 bits per heavy atom. The van der Waals surface area contributed by atoms with E-state index in [2.05, 4.69) is 58.5 Å². The Balaban J connectivity index is 1.89. The molecule has 1 aromatic heterocycles. The van der Waals surface area contributed by atoms with E-state index >= 15 is 0 Å². The molecule has 0 radical (unpaired) electrons. The molecule has 114 valence electrons. The quantitative estimate of drug-likeness (QED) is 0.851. The average molecular weight is 295 g/mol. The molecule has 0 fully saturated rings. The summed E-state index contributed by atoms with van der Waals surface area (Å²) in [6.07, 6.45) is 0. The van der Waals surface area contributed by atoms with E-state index in [0.717, 1.165) is 19.6 Å². The molecule has 0 atom stereocenters. The van der Waals surface area contributed by atoms with Gasteiger partial charge in [-0.05, 0) is 36.3 Å². The number of aromatic nitrogens is 2. The minimum Gasteiger partial charge on any atom is -0.365 e. The SMILES string of the molecule is CCN(CC)Cc1ccc(CNc2ccc(C#N)nn2)cc1. The van der Waals surface area contributed by atoms with E-state index in [0.29, 0.717) is 18.1 Å². The second-order valence-electron chi connectivity index (χ2n) is 5.05. The smallest absolute Gasteiger partial charge is 0.163 e. The Morgan fingerprint density at radius 2 is 1.68 bits per heavy atom. The number of rotatable bonds is 7. The molecule has 0 unspecified atom stereocenters.